The Morgan fingerprint density at radius 3 is 2.72 bits per heavy atom. The van der Waals surface area contributed by atoms with Gasteiger partial charge < -0.3 is 15.3 Å². The largest absolute Gasteiger partial charge is 0.391 e. The lowest BCUT2D eigenvalue weighted by atomic mass is 10.0. The van der Waals surface area contributed by atoms with E-state index in [-0.39, 0.29) is 12.1 Å². The molecule has 1 saturated heterocycles. The Bertz CT molecular complexity index is 265. The van der Waals surface area contributed by atoms with Gasteiger partial charge in [0, 0.05) is 19.6 Å². The first-order valence-corrected chi connectivity index (χ1v) is 7.46. The number of aliphatic hydroxyl groups is 1. The molecule has 0 aromatic heterocycles. The summed E-state index contributed by atoms with van der Waals surface area (Å²) in [6, 6.07) is 0.000159. The lowest BCUT2D eigenvalue weighted by Crippen LogP contribution is -2.47. The minimum Gasteiger partial charge on any atom is -0.391 e. The number of hydrogen-bond donors (Lipinski definition) is 2. The number of nitrogens with one attached hydrogen (secondary N) is 1. The fraction of sp³-hybridized carbons (Fsp3) is 0.929. The maximum absolute atomic E-state index is 11.8. The van der Waals surface area contributed by atoms with Gasteiger partial charge in [-0.3, -0.25) is 0 Å². The zero-order valence-corrected chi connectivity index (χ0v) is 11.2. The lowest BCUT2D eigenvalue weighted by Gasteiger charge is -2.30. The van der Waals surface area contributed by atoms with Gasteiger partial charge in [-0.15, -0.1) is 0 Å². The van der Waals surface area contributed by atoms with Crippen molar-refractivity contribution >= 4 is 6.03 Å². The standard InChI is InChI=1S/C14H26N2O2/c17-13-8-4-10-16(11-13)14(18)15-9-3-7-12-5-1-2-6-12/h12-13,17H,1-11H2,(H,15,18). The van der Waals surface area contributed by atoms with Crippen LogP contribution in [0.25, 0.3) is 0 Å². The maximum Gasteiger partial charge on any atom is 0.317 e. The normalized spacial score (nSPS) is 25.4. The monoisotopic (exact) mass is 254 g/mol. The van der Waals surface area contributed by atoms with Crippen LogP contribution in [0.3, 0.4) is 0 Å². The number of β-amino-alcohol motifs (C(OH)–C–C–N with tert-alkyl or cyclic N) is 1. The second kappa shape index (κ2) is 6.98. The molecule has 2 amide bonds. The van der Waals surface area contributed by atoms with Crippen LogP contribution in [0.1, 0.15) is 51.4 Å². The summed E-state index contributed by atoms with van der Waals surface area (Å²) in [4.78, 5) is 13.6. The van der Waals surface area contributed by atoms with Crippen LogP contribution in [-0.2, 0) is 0 Å². The molecule has 1 aliphatic carbocycles. The summed E-state index contributed by atoms with van der Waals surface area (Å²) in [6.07, 6.45) is 9.30. The summed E-state index contributed by atoms with van der Waals surface area (Å²) in [5, 5.41) is 12.5. The van der Waals surface area contributed by atoms with Crippen LogP contribution < -0.4 is 5.32 Å². The first-order chi connectivity index (χ1) is 8.75. The maximum atomic E-state index is 11.8. The Morgan fingerprint density at radius 1 is 1.22 bits per heavy atom. The van der Waals surface area contributed by atoms with Gasteiger partial charge in [-0.05, 0) is 31.6 Å². The average molecular weight is 254 g/mol. The predicted octanol–water partition coefficient (Wildman–Crippen LogP) is 2.12. The molecule has 0 spiro atoms. The lowest BCUT2D eigenvalue weighted by molar-refractivity contribution is 0.0842. The number of carbonyl (C=O) groups is 1. The summed E-state index contributed by atoms with van der Waals surface area (Å²) in [7, 11) is 0. The molecule has 0 radical (unpaired) electrons. The SMILES string of the molecule is O=C(NCCCC1CCCC1)N1CCCC(O)C1. The van der Waals surface area contributed by atoms with Crippen molar-refractivity contribution in [2.24, 2.45) is 5.92 Å². The average Bonchev–Trinajstić information content (AvgIpc) is 2.87. The Hall–Kier alpha value is -0.770. The van der Waals surface area contributed by atoms with Crippen LogP contribution in [0.4, 0.5) is 4.79 Å². The fourth-order valence-electron chi connectivity index (χ4n) is 3.14. The van der Waals surface area contributed by atoms with Gasteiger partial charge in [0.15, 0.2) is 0 Å². The molecule has 2 rings (SSSR count). The second-order valence-corrected chi connectivity index (χ2v) is 5.77. The third-order valence-electron chi connectivity index (χ3n) is 4.22. The molecule has 1 aliphatic heterocycles. The van der Waals surface area contributed by atoms with E-state index in [1.54, 1.807) is 4.90 Å². The van der Waals surface area contributed by atoms with Crippen LogP contribution in [-0.4, -0.2) is 41.8 Å². The van der Waals surface area contributed by atoms with Gasteiger partial charge in [-0.25, -0.2) is 4.79 Å². The third-order valence-corrected chi connectivity index (χ3v) is 4.22. The van der Waals surface area contributed by atoms with Gasteiger partial charge in [0.2, 0.25) is 0 Å². The summed E-state index contributed by atoms with van der Waals surface area (Å²) in [6.45, 7) is 2.06. The van der Waals surface area contributed by atoms with Crippen molar-refractivity contribution < 1.29 is 9.90 Å². The smallest absolute Gasteiger partial charge is 0.317 e. The van der Waals surface area contributed by atoms with E-state index in [4.69, 9.17) is 0 Å². The van der Waals surface area contributed by atoms with E-state index in [0.717, 1.165) is 38.3 Å². The van der Waals surface area contributed by atoms with Crippen LogP contribution >= 0.6 is 0 Å². The minimum atomic E-state index is -0.331. The van der Waals surface area contributed by atoms with Crippen LogP contribution in [0.5, 0.6) is 0 Å². The molecule has 2 N–H and O–H groups in total. The minimum absolute atomic E-state index is 0.000159. The van der Waals surface area contributed by atoms with Crippen LogP contribution in [0.15, 0.2) is 0 Å². The molecule has 0 aromatic carbocycles. The Labute approximate surface area is 110 Å². The predicted molar refractivity (Wildman–Crippen MR) is 71.4 cm³/mol. The first kappa shape index (κ1) is 13.7. The number of piperidine rings is 1. The molecule has 2 aliphatic rings. The summed E-state index contributed by atoms with van der Waals surface area (Å²) in [5.74, 6) is 0.902. The van der Waals surface area contributed by atoms with Gasteiger partial charge in [-0.1, -0.05) is 25.7 Å². The van der Waals surface area contributed by atoms with E-state index in [1.807, 2.05) is 0 Å². The molecule has 1 heterocycles. The van der Waals surface area contributed by atoms with Crippen molar-refractivity contribution in [2.45, 2.75) is 57.5 Å². The number of urea groups is 1. The molecular weight excluding hydrogens is 228 g/mol. The molecule has 1 saturated carbocycles. The molecule has 0 bridgehead atoms. The number of rotatable bonds is 4. The molecule has 104 valence electrons. The Morgan fingerprint density at radius 2 is 2.00 bits per heavy atom. The van der Waals surface area contributed by atoms with E-state index in [2.05, 4.69) is 5.32 Å². The highest BCUT2D eigenvalue weighted by atomic mass is 16.3. The van der Waals surface area contributed by atoms with Crippen LogP contribution in [0.2, 0.25) is 0 Å². The molecule has 18 heavy (non-hydrogen) atoms. The highest BCUT2D eigenvalue weighted by molar-refractivity contribution is 5.74. The summed E-state index contributed by atoms with van der Waals surface area (Å²) < 4.78 is 0. The van der Waals surface area contributed by atoms with Crippen molar-refractivity contribution in [1.82, 2.24) is 10.2 Å². The van der Waals surface area contributed by atoms with Gasteiger partial charge in [0.1, 0.15) is 0 Å². The third kappa shape index (κ3) is 4.16. The highest BCUT2D eigenvalue weighted by Crippen LogP contribution is 2.28. The van der Waals surface area contributed by atoms with Crippen molar-refractivity contribution in [3.63, 3.8) is 0 Å². The van der Waals surface area contributed by atoms with E-state index >= 15 is 0 Å². The van der Waals surface area contributed by atoms with Gasteiger partial charge in [0.25, 0.3) is 0 Å². The van der Waals surface area contributed by atoms with Crippen molar-refractivity contribution in [3.8, 4) is 0 Å². The highest BCUT2D eigenvalue weighted by Gasteiger charge is 2.21. The number of carbonyl (C=O) groups excluding carboxylic acids is 1. The van der Waals surface area contributed by atoms with Crippen molar-refractivity contribution in [2.75, 3.05) is 19.6 Å². The number of amides is 2. The fourth-order valence-corrected chi connectivity index (χ4v) is 3.14. The van der Waals surface area contributed by atoms with Crippen molar-refractivity contribution in [1.29, 1.82) is 0 Å². The van der Waals surface area contributed by atoms with E-state index in [9.17, 15) is 9.90 Å². The topological polar surface area (TPSA) is 52.6 Å². The van der Waals surface area contributed by atoms with E-state index in [1.165, 1.54) is 32.1 Å². The van der Waals surface area contributed by atoms with Gasteiger partial charge in [0.05, 0.1) is 6.10 Å². The molecule has 2 fully saturated rings. The quantitative estimate of drug-likeness (QED) is 0.755. The molecule has 4 heteroatoms. The van der Waals surface area contributed by atoms with Crippen LogP contribution in [0, 0.1) is 5.92 Å². The summed E-state index contributed by atoms with van der Waals surface area (Å²) in [5.41, 5.74) is 0. The number of aliphatic hydroxyl groups excluding tert-OH is 1. The number of hydrogen-bond acceptors (Lipinski definition) is 2. The molecular formula is C14H26N2O2. The molecule has 4 nitrogen and oxygen atoms in total. The van der Waals surface area contributed by atoms with Crippen molar-refractivity contribution in [3.05, 3.63) is 0 Å². The van der Waals surface area contributed by atoms with E-state index in [0.29, 0.717) is 6.54 Å². The molecule has 0 aromatic rings. The number of nitrogens with zero attached hydrogens (tertiary/aromatic N) is 1. The van der Waals surface area contributed by atoms with Gasteiger partial charge >= 0.3 is 6.03 Å². The molecule has 1 unspecified atom stereocenters. The second-order valence-electron chi connectivity index (χ2n) is 5.77. The zero-order valence-electron chi connectivity index (χ0n) is 11.2. The first-order valence-electron chi connectivity index (χ1n) is 7.46. The number of likely N-dealkylation sites (tertiary alicyclic amines) is 1. The summed E-state index contributed by atoms with van der Waals surface area (Å²) >= 11 is 0. The zero-order chi connectivity index (χ0) is 12.8. The molecule has 1 atom stereocenters. The van der Waals surface area contributed by atoms with Gasteiger partial charge in [-0.2, -0.15) is 0 Å². The van der Waals surface area contributed by atoms with E-state index < -0.39 is 0 Å². The Balaban J connectivity index is 1.56. The Kier molecular flexibility index (Phi) is 5.29.